The number of rotatable bonds is 6. The number of nitrogens with two attached hydrogens (primary N) is 1. The summed E-state index contributed by atoms with van der Waals surface area (Å²) in [5.41, 5.74) is 8.41. The number of hydrogen-bond donors (Lipinski definition) is 1. The van der Waals surface area contributed by atoms with Crippen molar-refractivity contribution >= 4 is 11.8 Å². The Labute approximate surface area is 192 Å². The lowest BCUT2D eigenvalue weighted by Crippen LogP contribution is -2.33. The van der Waals surface area contributed by atoms with Crippen molar-refractivity contribution in [3.8, 4) is 11.5 Å². The van der Waals surface area contributed by atoms with Crippen LogP contribution in [-0.4, -0.2) is 32.6 Å². The molecule has 172 valence electrons. The van der Waals surface area contributed by atoms with Crippen LogP contribution in [0.4, 0.5) is 0 Å². The van der Waals surface area contributed by atoms with E-state index in [1.54, 1.807) is 32.2 Å². The van der Waals surface area contributed by atoms with E-state index < -0.39 is 11.9 Å². The number of esters is 1. The predicted octanol–water partition coefficient (Wildman–Crippen LogP) is 3.95. The second-order valence-corrected chi connectivity index (χ2v) is 7.92. The van der Waals surface area contributed by atoms with Crippen molar-refractivity contribution < 1.29 is 28.5 Å². The van der Waals surface area contributed by atoms with Crippen LogP contribution in [0.5, 0.6) is 11.5 Å². The Morgan fingerprint density at radius 3 is 2.52 bits per heavy atom. The van der Waals surface area contributed by atoms with Gasteiger partial charge in [-0.3, -0.25) is 4.79 Å². The van der Waals surface area contributed by atoms with E-state index >= 15 is 0 Å². The monoisotopic (exact) mass is 449 g/mol. The van der Waals surface area contributed by atoms with E-state index in [1.807, 2.05) is 30.3 Å². The fourth-order valence-electron chi connectivity index (χ4n) is 4.55. The number of carbonyl (C=O) groups excluding carboxylic acids is 2. The van der Waals surface area contributed by atoms with Gasteiger partial charge < -0.3 is 24.7 Å². The largest absolute Gasteiger partial charge is 0.497 e. The molecule has 0 unspecified atom stereocenters. The summed E-state index contributed by atoms with van der Waals surface area (Å²) >= 11 is 0. The lowest BCUT2D eigenvalue weighted by molar-refractivity contribution is -0.139. The third-order valence-corrected chi connectivity index (χ3v) is 6.05. The molecule has 0 spiro atoms. The van der Waals surface area contributed by atoms with E-state index in [9.17, 15) is 9.59 Å². The van der Waals surface area contributed by atoms with Gasteiger partial charge in [-0.15, -0.1) is 0 Å². The molecule has 0 saturated carbocycles. The van der Waals surface area contributed by atoms with Gasteiger partial charge >= 0.3 is 5.97 Å². The minimum absolute atomic E-state index is 0.0396. The maximum Gasteiger partial charge on any atom is 0.340 e. The Kier molecular flexibility index (Phi) is 6.40. The molecule has 0 amide bonds. The summed E-state index contributed by atoms with van der Waals surface area (Å²) in [6.07, 6.45) is 0.787. The Balaban J connectivity index is 1.87. The van der Waals surface area contributed by atoms with E-state index in [0.717, 1.165) is 5.56 Å². The second-order valence-electron chi connectivity index (χ2n) is 7.92. The molecule has 2 aromatic rings. The Morgan fingerprint density at radius 1 is 1.09 bits per heavy atom. The van der Waals surface area contributed by atoms with Crippen LogP contribution in [0.3, 0.4) is 0 Å². The topological polar surface area (TPSA) is 97.1 Å². The number of benzene rings is 2. The highest BCUT2D eigenvalue weighted by molar-refractivity contribution is 6.04. The van der Waals surface area contributed by atoms with Gasteiger partial charge in [0.1, 0.15) is 22.8 Å². The summed E-state index contributed by atoms with van der Waals surface area (Å²) in [6, 6.07) is 15.1. The highest BCUT2D eigenvalue weighted by Gasteiger charge is 2.44. The molecule has 33 heavy (non-hydrogen) atoms. The lowest BCUT2D eigenvalue weighted by Gasteiger charge is -2.35. The van der Waals surface area contributed by atoms with Crippen molar-refractivity contribution in [2.75, 3.05) is 20.8 Å². The van der Waals surface area contributed by atoms with Gasteiger partial charge in [-0.2, -0.15) is 0 Å². The Hall–Kier alpha value is -3.74. The van der Waals surface area contributed by atoms with Crippen molar-refractivity contribution in [2.24, 2.45) is 5.73 Å². The van der Waals surface area contributed by atoms with Crippen molar-refractivity contribution in [1.29, 1.82) is 0 Å². The Morgan fingerprint density at radius 2 is 1.85 bits per heavy atom. The number of carbonyl (C=O) groups is 2. The molecule has 2 N–H and O–H groups in total. The first-order chi connectivity index (χ1) is 16.0. The summed E-state index contributed by atoms with van der Waals surface area (Å²) in [4.78, 5) is 26.5. The number of Topliss-reactive ketones (excluding diaryl/α,β-unsaturated/α-hetero) is 1. The van der Waals surface area contributed by atoms with Crippen molar-refractivity contribution in [1.82, 2.24) is 0 Å². The predicted molar refractivity (Wildman–Crippen MR) is 122 cm³/mol. The van der Waals surface area contributed by atoms with Crippen LogP contribution in [0, 0.1) is 0 Å². The van der Waals surface area contributed by atoms with Crippen LogP contribution in [0.2, 0.25) is 0 Å². The Bertz CT molecular complexity index is 1130. The van der Waals surface area contributed by atoms with Gasteiger partial charge in [0.15, 0.2) is 5.78 Å². The van der Waals surface area contributed by atoms with Crippen molar-refractivity contribution in [3.63, 3.8) is 0 Å². The molecular weight excluding hydrogens is 422 g/mol. The van der Waals surface area contributed by atoms with E-state index in [0.29, 0.717) is 41.2 Å². The van der Waals surface area contributed by atoms with Gasteiger partial charge in [0, 0.05) is 24.0 Å². The number of allylic oxidation sites excluding steroid dienone is 2. The molecule has 0 radical (unpaired) electrons. The second kappa shape index (κ2) is 9.40. The summed E-state index contributed by atoms with van der Waals surface area (Å²) in [6.45, 7) is 1.87. The fourth-order valence-corrected chi connectivity index (χ4v) is 4.55. The molecule has 0 fully saturated rings. The number of hydrogen-bond acceptors (Lipinski definition) is 7. The summed E-state index contributed by atoms with van der Waals surface area (Å²) in [5, 5.41) is 0. The van der Waals surface area contributed by atoms with Gasteiger partial charge in [0.05, 0.1) is 26.7 Å². The third kappa shape index (κ3) is 4.18. The van der Waals surface area contributed by atoms with Crippen LogP contribution in [0.1, 0.15) is 42.7 Å². The number of ether oxygens (including phenoxy) is 4. The molecule has 2 atom stereocenters. The molecule has 7 nitrogen and oxygen atoms in total. The molecular formula is C26H27NO6. The van der Waals surface area contributed by atoms with Crippen molar-refractivity contribution in [3.05, 3.63) is 82.4 Å². The number of methoxy groups -OCH3 is 2. The zero-order valence-corrected chi connectivity index (χ0v) is 18.9. The quantitative estimate of drug-likeness (QED) is 0.667. The zero-order chi connectivity index (χ0) is 23.5. The van der Waals surface area contributed by atoms with E-state index in [4.69, 9.17) is 24.7 Å². The van der Waals surface area contributed by atoms with Crippen LogP contribution in [-0.2, 0) is 19.1 Å². The standard InChI is InChI=1S/C26H27NO6/c1-4-32-26(29)24-22(18-14-17(30-2)10-11-20(18)31-3)23-19(28)12-16(13-21(23)33-25(24)27)15-8-6-5-7-9-15/h5-11,14,16,22H,4,12-13,27H2,1-3H3/t16-,22+/m0/s1. The fraction of sp³-hybridized carbons (Fsp3) is 0.308. The molecule has 1 aliphatic heterocycles. The molecule has 1 heterocycles. The van der Waals surface area contributed by atoms with E-state index in [2.05, 4.69) is 0 Å². The molecule has 2 aromatic carbocycles. The molecule has 0 aromatic heterocycles. The van der Waals surface area contributed by atoms with Crippen LogP contribution < -0.4 is 15.2 Å². The lowest BCUT2D eigenvalue weighted by atomic mass is 9.73. The molecule has 2 aliphatic rings. The van der Waals surface area contributed by atoms with Gasteiger partial charge in [-0.05, 0) is 36.6 Å². The first kappa shape index (κ1) is 22.5. The summed E-state index contributed by atoms with van der Waals surface area (Å²) < 4.78 is 22.2. The first-order valence-electron chi connectivity index (χ1n) is 10.9. The number of ketones is 1. The summed E-state index contributed by atoms with van der Waals surface area (Å²) in [5.74, 6) is -0.0918. The minimum Gasteiger partial charge on any atom is -0.497 e. The zero-order valence-electron chi connectivity index (χ0n) is 18.9. The van der Waals surface area contributed by atoms with Gasteiger partial charge in [-0.1, -0.05) is 30.3 Å². The van der Waals surface area contributed by atoms with E-state index in [-0.39, 0.29) is 29.8 Å². The third-order valence-electron chi connectivity index (χ3n) is 6.05. The molecule has 0 saturated heterocycles. The van der Waals surface area contributed by atoms with Gasteiger partial charge in [0.2, 0.25) is 5.88 Å². The maximum atomic E-state index is 13.6. The summed E-state index contributed by atoms with van der Waals surface area (Å²) in [7, 11) is 3.08. The van der Waals surface area contributed by atoms with Gasteiger partial charge in [-0.25, -0.2) is 4.79 Å². The SMILES string of the molecule is CCOC(=O)C1=C(N)OC2=C(C(=O)C[C@H](c3ccccc3)C2)[C@H]1c1cc(OC)ccc1OC. The molecule has 7 heteroatoms. The average Bonchev–Trinajstić information content (AvgIpc) is 2.83. The molecule has 1 aliphatic carbocycles. The smallest absolute Gasteiger partial charge is 0.340 e. The maximum absolute atomic E-state index is 13.6. The van der Waals surface area contributed by atoms with Crippen LogP contribution in [0.15, 0.2) is 71.3 Å². The van der Waals surface area contributed by atoms with Gasteiger partial charge in [0.25, 0.3) is 0 Å². The molecule has 4 rings (SSSR count). The first-order valence-corrected chi connectivity index (χ1v) is 10.9. The molecule has 0 bridgehead atoms. The van der Waals surface area contributed by atoms with Crippen molar-refractivity contribution in [2.45, 2.75) is 31.6 Å². The van der Waals surface area contributed by atoms with Crippen LogP contribution in [0.25, 0.3) is 0 Å². The van der Waals surface area contributed by atoms with Crippen LogP contribution >= 0.6 is 0 Å². The highest BCUT2D eigenvalue weighted by Crippen LogP contribution is 2.49. The average molecular weight is 450 g/mol. The minimum atomic E-state index is -0.790. The normalized spacial score (nSPS) is 20.2. The van der Waals surface area contributed by atoms with E-state index in [1.165, 1.54) is 7.11 Å². The highest BCUT2D eigenvalue weighted by atomic mass is 16.5.